The standard InChI is InChI=1S/C84H139NO18/c1-3-5-7-9-11-13-15-17-19-21-23-24-25-26-27-28-29-30-31-32-33-34-35-36-37-38-39-40-41-42-44-46-48-50-52-54-56-58-60-62-72(90)85-67(68(89)61-59-57-55-53-51-49-47-45-43-22-20-18-16-14-12-10-8-6-4-2)66-98-82-78(96)75(93)80(70(64-87)100-82)103-84-79(97)76(94)81(71(65-88)101-84)102-83-77(95)74(92)73(91)69(63-86)99-83/h5,7,11,13,17,19,23-24,26-27,29-30,32-33,35-36,38-39,41-42,46,48,59,61,67-71,73-84,86-89,91-97H,3-4,6,8-10,12,14-16,18,20-22,25,28,31,34,37,40,43-45,47,49-58,60,62-66H2,1-2H3,(H,85,90)/b7-5-,13-11-,19-17-,24-23-,27-26-,30-29-,33-32-,36-35-,39-38-,42-41-,48-46-,61-59+. The highest BCUT2D eigenvalue weighted by Gasteiger charge is 2.53. The number of allylic oxidation sites excluding steroid dienone is 23. The fourth-order valence-corrected chi connectivity index (χ4v) is 12.3. The molecule has 0 aromatic carbocycles. The number of aliphatic hydroxyl groups excluding tert-OH is 11. The second-order valence-corrected chi connectivity index (χ2v) is 27.4. The first-order valence-corrected chi connectivity index (χ1v) is 39.6. The summed E-state index contributed by atoms with van der Waals surface area (Å²) < 4.78 is 34.4. The molecule has 17 unspecified atom stereocenters. The number of carbonyl (C=O) groups is 1. The van der Waals surface area contributed by atoms with Gasteiger partial charge in [0, 0.05) is 6.42 Å². The van der Waals surface area contributed by atoms with Gasteiger partial charge in [0.25, 0.3) is 0 Å². The van der Waals surface area contributed by atoms with Gasteiger partial charge in [-0.2, -0.15) is 0 Å². The molecule has 0 aromatic heterocycles. The normalized spacial score (nSPS) is 26.9. The van der Waals surface area contributed by atoms with E-state index in [1.54, 1.807) is 6.08 Å². The summed E-state index contributed by atoms with van der Waals surface area (Å²) in [6.45, 7) is 1.60. The Bertz CT molecular complexity index is 2430. The number of nitrogens with one attached hydrogen (secondary N) is 1. The molecule has 0 aliphatic carbocycles. The van der Waals surface area contributed by atoms with E-state index < -0.39 is 124 Å². The minimum absolute atomic E-state index is 0.211. The quantitative estimate of drug-likeness (QED) is 0.0199. The SMILES string of the molecule is CC/C=C\C/C=C\C/C=C\C/C=C\C/C=C\C/C=C\C/C=C\C/C=C\C/C=C\C/C=C\C/C=C\CCCCCCCC(=O)NC(COC1OC(CO)C(OC2OC(CO)C(OC3OC(CO)C(O)C(O)C3O)C(O)C2O)C(O)C1O)C(O)/C=C/CCCCCCCCCCCCCCCCCCC. The van der Waals surface area contributed by atoms with Crippen molar-refractivity contribution in [2.24, 2.45) is 0 Å². The molecule has 3 rings (SSSR count). The molecule has 3 aliphatic rings. The zero-order valence-electron chi connectivity index (χ0n) is 62.7. The minimum Gasteiger partial charge on any atom is -0.394 e. The molecule has 19 heteroatoms. The summed E-state index contributed by atoms with van der Waals surface area (Å²) in [5, 5.41) is 121. The van der Waals surface area contributed by atoms with Gasteiger partial charge in [-0.3, -0.25) is 4.79 Å². The van der Waals surface area contributed by atoms with Gasteiger partial charge < -0.3 is 89.9 Å². The topological polar surface area (TPSA) is 307 Å². The molecule has 588 valence electrons. The van der Waals surface area contributed by atoms with Crippen LogP contribution in [0.3, 0.4) is 0 Å². The van der Waals surface area contributed by atoms with Crippen molar-refractivity contribution in [1.82, 2.24) is 5.32 Å². The van der Waals surface area contributed by atoms with Crippen molar-refractivity contribution in [1.29, 1.82) is 0 Å². The predicted molar refractivity (Wildman–Crippen MR) is 410 cm³/mol. The fourth-order valence-electron chi connectivity index (χ4n) is 12.3. The molecule has 0 aromatic rings. The Balaban J connectivity index is 1.37. The van der Waals surface area contributed by atoms with Gasteiger partial charge in [0.15, 0.2) is 18.9 Å². The van der Waals surface area contributed by atoms with Crippen molar-refractivity contribution in [3.05, 3.63) is 146 Å². The van der Waals surface area contributed by atoms with Crippen LogP contribution in [0.2, 0.25) is 0 Å². The zero-order chi connectivity index (χ0) is 74.6. The van der Waals surface area contributed by atoms with Gasteiger partial charge in [0.2, 0.25) is 5.91 Å². The third-order valence-corrected chi connectivity index (χ3v) is 18.6. The number of amides is 1. The van der Waals surface area contributed by atoms with Crippen LogP contribution in [0.15, 0.2) is 146 Å². The van der Waals surface area contributed by atoms with Crippen LogP contribution in [0.5, 0.6) is 0 Å². The molecule has 3 heterocycles. The summed E-state index contributed by atoms with van der Waals surface area (Å²) in [5.74, 6) is -0.299. The van der Waals surface area contributed by atoms with E-state index in [2.05, 4.69) is 153 Å². The maximum atomic E-state index is 13.5. The molecule has 103 heavy (non-hydrogen) atoms. The Labute approximate surface area is 619 Å². The second kappa shape index (κ2) is 62.7. The lowest BCUT2D eigenvalue weighted by atomic mass is 9.96. The maximum absolute atomic E-state index is 13.5. The van der Waals surface area contributed by atoms with Crippen molar-refractivity contribution in [3.63, 3.8) is 0 Å². The van der Waals surface area contributed by atoms with Crippen LogP contribution < -0.4 is 5.32 Å². The lowest BCUT2D eigenvalue weighted by molar-refractivity contribution is -0.379. The van der Waals surface area contributed by atoms with Crippen LogP contribution in [0.25, 0.3) is 0 Å². The summed E-state index contributed by atoms with van der Waals surface area (Å²) >= 11 is 0. The number of rotatable bonds is 60. The molecule has 3 fully saturated rings. The van der Waals surface area contributed by atoms with Crippen molar-refractivity contribution in [2.45, 2.75) is 349 Å². The number of hydrogen-bond donors (Lipinski definition) is 12. The summed E-state index contributed by atoms with van der Waals surface area (Å²) in [5.41, 5.74) is 0. The predicted octanol–water partition coefficient (Wildman–Crippen LogP) is 13.1. The molecule has 12 N–H and O–H groups in total. The molecule has 0 spiro atoms. The molecule has 3 saturated heterocycles. The number of aliphatic hydroxyl groups is 11. The minimum atomic E-state index is -1.99. The van der Waals surface area contributed by atoms with Crippen LogP contribution in [0, 0.1) is 0 Å². The Morgan fingerprint density at radius 3 is 1.05 bits per heavy atom. The summed E-state index contributed by atoms with van der Waals surface area (Å²) in [7, 11) is 0. The van der Waals surface area contributed by atoms with Gasteiger partial charge in [-0.15, -0.1) is 0 Å². The van der Waals surface area contributed by atoms with Crippen molar-refractivity contribution >= 4 is 5.91 Å². The third kappa shape index (κ3) is 42.7. The van der Waals surface area contributed by atoms with Gasteiger partial charge in [0.1, 0.15) is 73.2 Å². The van der Waals surface area contributed by atoms with Gasteiger partial charge in [-0.25, -0.2) is 0 Å². The Morgan fingerprint density at radius 2 is 0.670 bits per heavy atom. The van der Waals surface area contributed by atoms with E-state index in [1.807, 2.05) is 6.08 Å². The zero-order valence-corrected chi connectivity index (χ0v) is 62.7. The van der Waals surface area contributed by atoms with Gasteiger partial charge in [-0.1, -0.05) is 282 Å². The highest BCUT2D eigenvalue weighted by Crippen LogP contribution is 2.33. The van der Waals surface area contributed by atoms with Crippen LogP contribution in [0.1, 0.15) is 245 Å². The van der Waals surface area contributed by atoms with E-state index in [0.29, 0.717) is 6.42 Å². The Kier molecular flexibility index (Phi) is 56.5. The lowest BCUT2D eigenvalue weighted by Gasteiger charge is -2.48. The number of carbonyl (C=O) groups excluding carboxylic acids is 1. The van der Waals surface area contributed by atoms with Crippen LogP contribution in [0.4, 0.5) is 0 Å². The monoisotopic (exact) mass is 1450 g/mol. The van der Waals surface area contributed by atoms with Gasteiger partial charge in [0.05, 0.1) is 38.6 Å². The van der Waals surface area contributed by atoms with Crippen molar-refractivity contribution < 1.29 is 89.4 Å². The molecule has 0 radical (unpaired) electrons. The van der Waals surface area contributed by atoms with Gasteiger partial charge in [-0.05, 0) is 103 Å². The van der Waals surface area contributed by atoms with E-state index in [4.69, 9.17) is 28.4 Å². The number of hydrogen-bond acceptors (Lipinski definition) is 18. The van der Waals surface area contributed by atoms with Gasteiger partial charge >= 0.3 is 0 Å². The highest BCUT2D eigenvalue weighted by atomic mass is 16.8. The number of unbranched alkanes of at least 4 members (excludes halogenated alkanes) is 22. The average molecular weight is 1450 g/mol. The Morgan fingerprint density at radius 1 is 0.359 bits per heavy atom. The first kappa shape index (κ1) is 92.9. The first-order valence-electron chi connectivity index (χ1n) is 39.6. The fraction of sp³-hybridized carbons (Fsp3) is 0.702. The highest BCUT2D eigenvalue weighted by molar-refractivity contribution is 5.76. The van der Waals surface area contributed by atoms with E-state index in [-0.39, 0.29) is 18.9 Å². The van der Waals surface area contributed by atoms with Crippen LogP contribution in [-0.4, -0.2) is 193 Å². The summed E-state index contributed by atoms with van der Waals surface area (Å²) in [6.07, 6.45) is 63.9. The molecule has 17 atom stereocenters. The van der Waals surface area contributed by atoms with E-state index in [9.17, 15) is 61.0 Å². The molecule has 0 saturated carbocycles. The molecule has 19 nitrogen and oxygen atoms in total. The third-order valence-electron chi connectivity index (χ3n) is 18.6. The van der Waals surface area contributed by atoms with Crippen LogP contribution >= 0.6 is 0 Å². The molecule has 3 aliphatic heterocycles. The molecular formula is C84H139NO18. The smallest absolute Gasteiger partial charge is 0.220 e. The van der Waals surface area contributed by atoms with Crippen molar-refractivity contribution in [3.8, 4) is 0 Å². The molecule has 1 amide bonds. The summed E-state index contributed by atoms with van der Waals surface area (Å²) in [4.78, 5) is 13.5. The molecule has 0 bridgehead atoms. The largest absolute Gasteiger partial charge is 0.394 e. The average Bonchev–Trinajstić information content (AvgIpc) is 0.781. The van der Waals surface area contributed by atoms with Crippen LogP contribution in [-0.2, 0) is 33.2 Å². The second-order valence-electron chi connectivity index (χ2n) is 27.4. The van der Waals surface area contributed by atoms with Crippen molar-refractivity contribution in [2.75, 3.05) is 26.4 Å². The number of ether oxygens (including phenoxy) is 6. The first-order chi connectivity index (χ1) is 50.3. The Hall–Kier alpha value is -4.33. The lowest BCUT2D eigenvalue weighted by Crippen LogP contribution is -2.66. The van der Waals surface area contributed by atoms with E-state index in [1.165, 1.54) is 89.9 Å². The van der Waals surface area contributed by atoms with E-state index >= 15 is 0 Å². The summed E-state index contributed by atoms with van der Waals surface area (Å²) in [6, 6.07) is -0.996. The maximum Gasteiger partial charge on any atom is 0.220 e. The molecular weight excluding hydrogens is 1310 g/mol. The van der Waals surface area contributed by atoms with E-state index in [0.717, 1.165) is 128 Å².